The van der Waals surface area contributed by atoms with E-state index in [2.05, 4.69) is 5.10 Å². The molecule has 1 heterocycles. The lowest BCUT2D eigenvalue weighted by atomic mass is 10.1. The quantitative estimate of drug-likeness (QED) is 0.489. The van der Waals surface area contributed by atoms with Crippen LogP contribution in [-0.4, -0.2) is 48.0 Å². The highest BCUT2D eigenvalue weighted by Crippen LogP contribution is 2.25. The van der Waals surface area contributed by atoms with Gasteiger partial charge in [0.25, 0.3) is 5.91 Å². The van der Waals surface area contributed by atoms with Crippen LogP contribution in [0, 0.1) is 5.92 Å². The first-order valence-corrected chi connectivity index (χ1v) is 10.5. The van der Waals surface area contributed by atoms with E-state index in [9.17, 15) is 19.5 Å². The standard InChI is InChI=1S/C25H26N2O6/c1-16(2)24(30)32-14-21(28)15-33-25(31)19-9-11-20(12-10-19)27-23(29)22(17(3)26-27)13-18-7-5-4-6-8-18/h4-13,16,21,28H,14-15H2,1-3H3/b22-13-. The SMILES string of the molecule is CC1=NN(c2ccc(C(=O)OCC(O)COC(=O)C(C)C)cc2)C(=O)/C1=C\c1ccccc1. The highest BCUT2D eigenvalue weighted by Gasteiger charge is 2.28. The first-order chi connectivity index (χ1) is 15.8. The number of hydrazone groups is 1. The topological polar surface area (TPSA) is 106 Å². The molecule has 0 aliphatic carbocycles. The van der Waals surface area contributed by atoms with Gasteiger partial charge in [-0.05, 0) is 42.8 Å². The minimum Gasteiger partial charge on any atom is -0.463 e. The predicted molar refractivity (Wildman–Crippen MR) is 124 cm³/mol. The van der Waals surface area contributed by atoms with E-state index in [1.165, 1.54) is 17.1 Å². The Morgan fingerprint density at radius 1 is 1.03 bits per heavy atom. The monoisotopic (exact) mass is 450 g/mol. The fourth-order valence-electron chi connectivity index (χ4n) is 2.96. The van der Waals surface area contributed by atoms with Crippen LogP contribution in [0.3, 0.4) is 0 Å². The van der Waals surface area contributed by atoms with E-state index in [0.29, 0.717) is 17.0 Å². The molecule has 2 aromatic rings. The number of ether oxygens (including phenoxy) is 2. The van der Waals surface area contributed by atoms with Gasteiger partial charge in [-0.25, -0.2) is 4.79 Å². The van der Waals surface area contributed by atoms with Crippen molar-refractivity contribution in [1.82, 2.24) is 0 Å². The third-order valence-electron chi connectivity index (χ3n) is 4.82. The Morgan fingerprint density at radius 2 is 1.67 bits per heavy atom. The number of rotatable bonds is 8. The van der Waals surface area contributed by atoms with Crippen molar-refractivity contribution in [3.8, 4) is 0 Å². The molecule has 8 heteroatoms. The molecule has 0 saturated heterocycles. The van der Waals surface area contributed by atoms with Crippen molar-refractivity contribution in [3.63, 3.8) is 0 Å². The molecule has 0 saturated carbocycles. The number of hydrogen-bond acceptors (Lipinski definition) is 7. The second kappa shape index (κ2) is 10.7. The van der Waals surface area contributed by atoms with Gasteiger partial charge in [0.15, 0.2) is 0 Å². The van der Waals surface area contributed by atoms with Gasteiger partial charge in [-0.3, -0.25) is 9.59 Å². The summed E-state index contributed by atoms with van der Waals surface area (Å²) in [7, 11) is 0. The van der Waals surface area contributed by atoms with E-state index >= 15 is 0 Å². The lowest BCUT2D eigenvalue weighted by Gasteiger charge is -2.14. The van der Waals surface area contributed by atoms with Crippen LogP contribution < -0.4 is 5.01 Å². The van der Waals surface area contributed by atoms with Gasteiger partial charge < -0.3 is 14.6 Å². The van der Waals surface area contributed by atoms with E-state index in [0.717, 1.165) is 5.56 Å². The summed E-state index contributed by atoms with van der Waals surface area (Å²) in [5, 5.41) is 15.5. The zero-order valence-corrected chi connectivity index (χ0v) is 18.7. The molecule has 172 valence electrons. The fourth-order valence-corrected chi connectivity index (χ4v) is 2.96. The molecule has 0 aromatic heterocycles. The second-order valence-corrected chi connectivity index (χ2v) is 7.85. The summed E-state index contributed by atoms with van der Waals surface area (Å²) in [4.78, 5) is 36.5. The maximum absolute atomic E-state index is 12.9. The number of aliphatic hydroxyl groups excluding tert-OH is 1. The van der Waals surface area contributed by atoms with E-state index < -0.39 is 18.0 Å². The van der Waals surface area contributed by atoms with Crippen molar-refractivity contribution in [2.24, 2.45) is 11.0 Å². The molecule has 8 nitrogen and oxygen atoms in total. The second-order valence-electron chi connectivity index (χ2n) is 7.85. The van der Waals surface area contributed by atoms with E-state index in [1.807, 2.05) is 30.3 Å². The maximum Gasteiger partial charge on any atom is 0.338 e. The van der Waals surface area contributed by atoms with Crippen LogP contribution in [0.4, 0.5) is 5.69 Å². The van der Waals surface area contributed by atoms with Gasteiger partial charge in [0.1, 0.15) is 19.3 Å². The molecule has 0 radical (unpaired) electrons. The van der Waals surface area contributed by atoms with E-state index in [4.69, 9.17) is 9.47 Å². The number of amides is 1. The molecule has 1 atom stereocenters. The van der Waals surface area contributed by atoms with Crippen LogP contribution in [0.15, 0.2) is 65.3 Å². The van der Waals surface area contributed by atoms with Gasteiger partial charge in [-0.15, -0.1) is 0 Å². The molecule has 1 aliphatic rings. The summed E-state index contributed by atoms with van der Waals surface area (Å²) in [6.45, 7) is 4.56. The summed E-state index contributed by atoms with van der Waals surface area (Å²) in [5.41, 5.74) is 2.75. The van der Waals surface area contributed by atoms with Gasteiger partial charge >= 0.3 is 11.9 Å². The number of esters is 2. The molecule has 1 amide bonds. The van der Waals surface area contributed by atoms with Crippen LogP contribution in [-0.2, 0) is 19.1 Å². The van der Waals surface area contributed by atoms with Crippen LogP contribution in [0.25, 0.3) is 6.08 Å². The number of nitrogens with zero attached hydrogens (tertiary/aromatic N) is 2. The third-order valence-corrected chi connectivity index (χ3v) is 4.82. The molecule has 0 spiro atoms. The molecule has 3 rings (SSSR count). The lowest BCUT2D eigenvalue weighted by Crippen LogP contribution is -2.26. The highest BCUT2D eigenvalue weighted by atomic mass is 16.6. The molecule has 0 fully saturated rings. The van der Waals surface area contributed by atoms with Gasteiger partial charge in [-0.2, -0.15) is 10.1 Å². The zero-order valence-electron chi connectivity index (χ0n) is 18.7. The van der Waals surface area contributed by atoms with Crippen molar-refractivity contribution in [2.45, 2.75) is 26.9 Å². The Balaban J connectivity index is 1.59. The summed E-state index contributed by atoms with van der Waals surface area (Å²) in [5.74, 6) is -1.65. The minimum atomic E-state index is -1.12. The van der Waals surface area contributed by atoms with E-state index in [1.54, 1.807) is 39.0 Å². The Kier molecular flexibility index (Phi) is 7.74. The smallest absolute Gasteiger partial charge is 0.338 e. The number of aliphatic hydroxyl groups is 1. The van der Waals surface area contributed by atoms with Crippen LogP contribution in [0.5, 0.6) is 0 Å². The Bertz CT molecular complexity index is 1070. The molecule has 33 heavy (non-hydrogen) atoms. The third kappa shape index (κ3) is 6.14. The average Bonchev–Trinajstić information content (AvgIpc) is 3.10. The molecule has 1 aliphatic heterocycles. The summed E-state index contributed by atoms with van der Waals surface area (Å²) in [6, 6.07) is 15.7. The van der Waals surface area contributed by atoms with Crippen molar-refractivity contribution < 1.29 is 29.0 Å². The van der Waals surface area contributed by atoms with Crippen LogP contribution >= 0.6 is 0 Å². The first kappa shape index (κ1) is 23.9. The number of carbonyl (C=O) groups excluding carboxylic acids is 3. The first-order valence-electron chi connectivity index (χ1n) is 10.5. The molecule has 0 bridgehead atoms. The largest absolute Gasteiger partial charge is 0.463 e. The Morgan fingerprint density at radius 3 is 2.30 bits per heavy atom. The predicted octanol–water partition coefficient (Wildman–Crippen LogP) is 3.21. The molecular weight excluding hydrogens is 424 g/mol. The fraction of sp³-hybridized carbons (Fsp3) is 0.280. The van der Waals surface area contributed by atoms with Gasteiger partial charge in [0.05, 0.1) is 28.5 Å². The van der Waals surface area contributed by atoms with Crippen LogP contribution in [0.1, 0.15) is 36.7 Å². The molecule has 1 N–H and O–H groups in total. The molecule has 2 aromatic carbocycles. The van der Waals surface area contributed by atoms with Gasteiger partial charge in [0.2, 0.25) is 0 Å². The van der Waals surface area contributed by atoms with Gasteiger partial charge in [0, 0.05) is 0 Å². The molecule has 1 unspecified atom stereocenters. The summed E-state index contributed by atoms with van der Waals surface area (Å²) in [6.07, 6.45) is 0.668. The summed E-state index contributed by atoms with van der Waals surface area (Å²) < 4.78 is 9.98. The van der Waals surface area contributed by atoms with Crippen molar-refractivity contribution in [1.29, 1.82) is 0 Å². The van der Waals surface area contributed by atoms with Crippen molar-refractivity contribution in [3.05, 3.63) is 71.3 Å². The Hall–Kier alpha value is -3.78. The number of carbonyl (C=O) groups is 3. The number of hydrogen-bond donors (Lipinski definition) is 1. The van der Waals surface area contributed by atoms with E-state index in [-0.39, 0.29) is 30.6 Å². The highest BCUT2D eigenvalue weighted by molar-refractivity contribution is 6.32. The van der Waals surface area contributed by atoms with Gasteiger partial charge in [-0.1, -0.05) is 44.2 Å². The zero-order chi connectivity index (χ0) is 24.0. The Labute approximate surface area is 192 Å². The maximum atomic E-state index is 12.9. The lowest BCUT2D eigenvalue weighted by molar-refractivity contribution is -0.151. The van der Waals surface area contributed by atoms with Crippen molar-refractivity contribution >= 4 is 35.3 Å². The molecular formula is C25H26N2O6. The average molecular weight is 450 g/mol. The normalized spacial score (nSPS) is 15.5. The number of benzene rings is 2. The minimum absolute atomic E-state index is 0.248. The summed E-state index contributed by atoms with van der Waals surface area (Å²) >= 11 is 0. The number of anilines is 1. The van der Waals surface area contributed by atoms with Crippen LogP contribution in [0.2, 0.25) is 0 Å². The van der Waals surface area contributed by atoms with Crippen molar-refractivity contribution in [2.75, 3.05) is 18.2 Å².